The van der Waals surface area contributed by atoms with E-state index in [0.717, 1.165) is 0 Å². The van der Waals surface area contributed by atoms with Gasteiger partial charge in [0, 0.05) is 26.4 Å². The van der Waals surface area contributed by atoms with Crippen molar-refractivity contribution in [3.63, 3.8) is 0 Å². The van der Waals surface area contributed by atoms with E-state index in [1.54, 1.807) is 20.8 Å². The van der Waals surface area contributed by atoms with Crippen LogP contribution in [0.2, 0.25) is 0 Å². The van der Waals surface area contributed by atoms with E-state index >= 15 is 0 Å². The first-order chi connectivity index (χ1) is 10.4. The molecule has 128 valence electrons. The lowest BCUT2D eigenvalue weighted by molar-refractivity contribution is -0.136. The summed E-state index contributed by atoms with van der Waals surface area (Å²) in [7, 11) is -3.52. The molecule has 0 rings (SSSR count). The molecular formula is C13H25NO7Si. The molecule has 0 aromatic carbocycles. The monoisotopic (exact) mass is 335 g/mol. The molecule has 0 atom stereocenters. The minimum absolute atomic E-state index is 0.248. The van der Waals surface area contributed by atoms with Gasteiger partial charge in [0.2, 0.25) is 0 Å². The van der Waals surface area contributed by atoms with Crippen LogP contribution in [0.5, 0.6) is 0 Å². The van der Waals surface area contributed by atoms with Crippen LogP contribution in [0.3, 0.4) is 0 Å². The van der Waals surface area contributed by atoms with Crippen LogP contribution in [0.4, 0.5) is 0 Å². The van der Waals surface area contributed by atoms with Crippen LogP contribution in [-0.4, -0.2) is 62.0 Å². The third-order valence-corrected chi connectivity index (χ3v) is 5.61. The molecule has 0 aliphatic carbocycles. The average Bonchev–Trinajstić information content (AvgIpc) is 2.43. The Morgan fingerprint density at radius 2 is 1.45 bits per heavy atom. The summed E-state index contributed by atoms with van der Waals surface area (Å²) >= 11 is 0. The van der Waals surface area contributed by atoms with Crippen LogP contribution in [0.25, 0.3) is 0 Å². The third-order valence-electron chi connectivity index (χ3n) is 2.53. The van der Waals surface area contributed by atoms with Gasteiger partial charge < -0.3 is 28.1 Å². The summed E-state index contributed by atoms with van der Waals surface area (Å²) in [5.74, 6) is -2.72. The highest BCUT2D eigenvalue weighted by atomic mass is 28.4. The lowest BCUT2D eigenvalue weighted by Crippen LogP contribution is -2.61. The lowest BCUT2D eigenvalue weighted by Gasteiger charge is -2.38. The van der Waals surface area contributed by atoms with Crippen molar-refractivity contribution in [1.82, 2.24) is 4.57 Å². The molecule has 0 aromatic heterocycles. The number of carboxylic acids is 2. The van der Waals surface area contributed by atoms with Gasteiger partial charge in [0.25, 0.3) is 0 Å². The molecule has 0 aliphatic heterocycles. The Labute approximate surface area is 131 Å². The van der Waals surface area contributed by atoms with Gasteiger partial charge in [-0.1, -0.05) is 6.92 Å². The van der Waals surface area contributed by atoms with Crippen molar-refractivity contribution in [3.05, 3.63) is 11.8 Å². The molecule has 0 fully saturated rings. The maximum atomic E-state index is 11.5. The molecule has 0 heterocycles. The van der Waals surface area contributed by atoms with Gasteiger partial charge in [-0.15, -0.1) is 0 Å². The van der Waals surface area contributed by atoms with Gasteiger partial charge in [-0.2, -0.15) is 0 Å². The summed E-state index contributed by atoms with van der Waals surface area (Å²) in [4.78, 5) is 22.4. The van der Waals surface area contributed by atoms with Gasteiger partial charge >= 0.3 is 20.9 Å². The molecule has 22 heavy (non-hydrogen) atoms. The molecule has 0 aromatic rings. The molecule has 8 nitrogen and oxygen atoms in total. The molecule has 0 amide bonds. The predicted molar refractivity (Wildman–Crippen MR) is 81.0 cm³/mol. The normalized spacial score (nSPS) is 12.3. The Hall–Kier alpha value is -1.42. The standard InChI is InChI=1S/C13H25NO7Si/c1-5-9-14(11(13(17)18)10-12(15)16)22(19-6-2,20-7-3)21-8-4/h10H,5-9H2,1-4H3,(H,15,16)(H,17,18)/b11-10+. The van der Waals surface area contributed by atoms with Crippen molar-refractivity contribution in [1.29, 1.82) is 0 Å². The van der Waals surface area contributed by atoms with Gasteiger partial charge in [0.1, 0.15) is 5.70 Å². The van der Waals surface area contributed by atoms with E-state index in [-0.39, 0.29) is 26.4 Å². The summed E-state index contributed by atoms with van der Waals surface area (Å²) in [6.07, 6.45) is 1.21. The molecule has 2 N–H and O–H groups in total. The van der Waals surface area contributed by atoms with E-state index in [4.69, 9.17) is 18.4 Å². The highest BCUT2D eigenvalue weighted by molar-refractivity contribution is 6.58. The Morgan fingerprint density at radius 1 is 1.00 bits per heavy atom. The van der Waals surface area contributed by atoms with Gasteiger partial charge in [-0.3, -0.25) is 0 Å². The molecule has 0 unspecified atom stereocenters. The van der Waals surface area contributed by atoms with Crippen molar-refractivity contribution in [2.24, 2.45) is 0 Å². The topological polar surface area (TPSA) is 106 Å². The lowest BCUT2D eigenvalue weighted by atomic mass is 10.3. The van der Waals surface area contributed by atoms with E-state index in [9.17, 15) is 14.7 Å². The Morgan fingerprint density at radius 3 is 1.73 bits per heavy atom. The zero-order valence-corrected chi connectivity index (χ0v) is 14.5. The fraction of sp³-hybridized carbons (Fsp3) is 0.692. The van der Waals surface area contributed by atoms with Crippen LogP contribution in [0.1, 0.15) is 34.1 Å². The van der Waals surface area contributed by atoms with Crippen molar-refractivity contribution in [3.8, 4) is 0 Å². The van der Waals surface area contributed by atoms with E-state index in [0.29, 0.717) is 12.5 Å². The molecular weight excluding hydrogens is 310 g/mol. The van der Waals surface area contributed by atoms with E-state index in [1.165, 1.54) is 4.57 Å². The quantitative estimate of drug-likeness (QED) is 0.406. The molecule has 0 aliphatic rings. The Bertz CT molecular complexity index is 383. The summed E-state index contributed by atoms with van der Waals surface area (Å²) in [6, 6.07) is 0. The highest BCUT2D eigenvalue weighted by Gasteiger charge is 2.51. The van der Waals surface area contributed by atoms with Gasteiger partial charge in [-0.25, -0.2) is 9.59 Å². The average molecular weight is 335 g/mol. The second kappa shape index (κ2) is 10.3. The maximum Gasteiger partial charge on any atom is 0.633 e. The first-order valence-electron chi connectivity index (χ1n) is 7.25. The molecule has 0 spiro atoms. The van der Waals surface area contributed by atoms with Crippen molar-refractivity contribution < 1.29 is 33.1 Å². The van der Waals surface area contributed by atoms with Gasteiger partial charge in [0.15, 0.2) is 0 Å². The van der Waals surface area contributed by atoms with Crippen LogP contribution in [0.15, 0.2) is 11.8 Å². The van der Waals surface area contributed by atoms with E-state index in [2.05, 4.69) is 0 Å². The Kier molecular flexibility index (Phi) is 9.66. The number of hydrogen-bond donors (Lipinski definition) is 2. The zero-order chi connectivity index (χ0) is 17.2. The summed E-state index contributed by atoms with van der Waals surface area (Å²) in [5, 5.41) is 18.3. The number of carboxylic acid groups (broad SMARTS) is 2. The van der Waals surface area contributed by atoms with Crippen LogP contribution >= 0.6 is 0 Å². The van der Waals surface area contributed by atoms with Crippen LogP contribution in [-0.2, 0) is 22.9 Å². The van der Waals surface area contributed by atoms with Crippen LogP contribution in [0, 0.1) is 0 Å². The summed E-state index contributed by atoms with van der Waals surface area (Å²) in [5.41, 5.74) is -0.406. The molecule has 0 bridgehead atoms. The number of hydrogen-bond acceptors (Lipinski definition) is 6. The van der Waals surface area contributed by atoms with Crippen molar-refractivity contribution in [2.75, 3.05) is 26.4 Å². The molecule has 0 saturated carbocycles. The summed E-state index contributed by atoms with van der Waals surface area (Å²) < 4.78 is 18.3. The number of nitrogens with zero attached hydrogens (tertiary/aromatic N) is 1. The largest absolute Gasteiger partial charge is 0.633 e. The molecule has 0 saturated heterocycles. The fourth-order valence-corrected chi connectivity index (χ4v) is 4.67. The fourth-order valence-electron chi connectivity index (χ4n) is 1.91. The zero-order valence-electron chi connectivity index (χ0n) is 13.5. The van der Waals surface area contributed by atoms with Crippen LogP contribution < -0.4 is 0 Å². The predicted octanol–water partition coefficient (Wildman–Crippen LogP) is 1.30. The maximum absolute atomic E-state index is 11.5. The SMILES string of the molecule is CCCN(/C(=C/C(=O)O)C(=O)O)[Si](OCC)(OCC)OCC. The highest BCUT2D eigenvalue weighted by Crippen LogP contribution is 2.22. The number of aliphatic carboxylic acids is 2. The van der Waals surface area contributed by atoms with E-state index < -0.39 is 26.6 Å². The van der Waals surface area contributed by atoms with Crippen molar-refractivity contribution >= 4 is 20.9 Å². The minimum Gasteiger partial charge on any atom is -0.478 e. The molecule has 9 heteroatoms. The van der Waals surface area contributed by atoms with Crippen molar-refractivity contribution in [2.45, 2.75) is 34.1 Å². The number of carbonyl (C=O) groups is 2. The smallest absolute Gasteiger partial charge is 0.478 e. The summed E-state index contributed by atoms with van der Waals surface area (Å²) in [6.45, 7) is 8.08. The molecule has 0 radical (unpaired) electrons. The van der Waals surface area contributed by atoms with E-state index in [1.807, 2.05) is 6.92 Å². The first-order valence-corrected chi connectivity index (χ1v) is 8.93. The third kappa shape index (κ3) is 5.76. The Balaban J connectivity index is 5.96. The first kappa shape index (κ1) is 20.6. The minimum atomic E-state index is -3.52. The second-order valence-electron chi connectivity index (χ2n) is 4.15. The van der Waals surface area contributed by atoms with Gasteiger partial charge in [-0.05, 0) is 27.2 Å². The van der Waals surface area contributed by atoms with Gasteiger partial charge in [0.05, 0.1) is 6.08 Å². The second-order valence-corrected chi connectivity index (χ2v) is 6.60. The number of rotatable bonds is 12.